The van der Waals surface area contributed by atoms with Crippen molar-refractivity contribution in [2.45, 2.75) is 32.6 Å². The summed E-state index contributed by atoms with van der Waals surface area (Å²) >= 11 is 1.74. The highest BCUT2D eigenvalue weighted by molar-refractivity contribution is 8.03. The topological polar surface area (TPSA) is 53.3 Å². The van der Waals surface area contributed by atoms with E-state index in [0.717, 1.165) is 46.3 Å². The lowest BCUT2D eigenvalue weighted by molar-refractivity contribution is -0.118. The molecule has 1 atom stereocenters. The second kappa shape index (κ2) is 6.21. The van der Waals surface area contributed by atoms with Gasteiger partial charge in [0.05, 0.1) is 29.7 Å². The number of hydrogen-bond donors (Lipinski definition) is 0. The van der Waals surface area contributed by atoms with Crippen molar-refractivity contribution in [1.29, 1.82) is 5.26 Å². The molecule has 0 saturated carbocycles. The smallest absolute Gasteiger partial charge is 0.162 e. The number of benzene rings is 1. The van der Waals surface area contributed by atoms with Gasteiger partial charge in [0.2, 0.25) is 0 Å². The Morgan fingerprint density at radius 1 is 1.27 bits per heavy atom. The van der Waals surface area contributed by atoms with E-state index < -0.39 is 0 Å². The van der Waals surface area contributed by atoms with Crippen molar-refractivity contribution in [3.63, 3.8) is 0 Å². The Kier molecular flexibility index (Phi) is 4.11. The van der Waals surface area contributed by atoms with E-state index >= 15 is 0 Å². The Morgan fingerprint density at radius 3 is 2.65 bits per heavy atom. The molecular formula is C21H22N2O2S. The molecule has 5 heteroatoms. The van der Waals surface area contributed by atoms with Crippen molar-refractivity contribution in [3.05, 3.63) is 51.7 Å². The van der Waals surface area contributed by atoms with Crippen molar-refractivity contribution >= 4 is 17.5 Å². The largest absolute Gasteiger partial charge is 0.497 e. The number of fused-ring (bicyclic) bond motifs is 2. The van der Waals surface area contributed by atoms with Crippen LogP contribution in [0.2, 0.25) is 0 Å². The summed E-state index contributed by atoms with van der Waals surface area (Å²) in [6, 6.07) is 10.2. The average Bonchev–Trinajstić information content (AvgIpc) is 3.10. The van der Waals surface area contributed by atoms with Crippen LogP contribution in [0, 0.1) is 16.7 Å². The molecule has 134 valence electrons. The van der Waals surface area contributed by atoms with Gasteiger partial charge in [0.1, 0.15) is 5.75 Å². The average molecular weight is 366 g/mol. The van der Waals surface area contributed by atoms with E-state index in [1.165, 1.54) is 0 Å². The lowest BCUT2D eigenvalue weighted by Crippen LogP contribution is -2.38. The number of allylic oxidation sites excluding steroid dienone is 3. The van der Waals surface area contributed by atoms with Gasteiger partial charge in [-0.3, -0.25) is 4.79 Å². The van der Waals surface area contributed by atoms with Crippen molar-refractivity contribution in [1.82, 2.24) is 4.90 Å². The summed E-state index contributed by atoms with van der Waals surface area (Å²) in [4.78, 5) is 15.4. The molecule has 26 heavy (non-hydrogen) atoms. The van der Waals surface area contributed by atoms with Crippen molar-refractivity contribution in [2.75, 3.05) is 19.4 Å². The van der Waals surface area contributed by atoms with Gasteiger partial charge in [-0.05, 0) is 29.5 Å². The Balaban J connectivity index is 1.91. The molecule has 1 saturated heterocycles. The van der Waals surface area contributed by atoms with Gasteiger partial charge in [0, 0.05) is 30.0 Å². The second-order valence-electron chi connectivity index (χ2n) is 7.84. The number of ether oxygens (including phenoxy) is 1. The molecule has 3 aliphatic rings. The Morgan fingerprint density at radius 2 is 2.00 bits per heavy atom. The maximum Gasteiger partial charge on any atom is 0.162 e. The first-order valence-corrected chi connectivity index (χ1v) is 9.88. The fraction of sp³-hybridized carbons (Fsp3) is 0.429. The molecule has 4 nitrogen and oxygen atoms in total. The minimum absolute atomic E-state index is 0.0388. The quantitative estimate of drug-likeness (QED) is 0.784. The first-order chi connectivity index (χ1) is 12.4. The van der Waals surface area contributed by atoms with Gasteiger partial charge in [0.25, 0.3) is 0 Å². The number of carbonyl (C=O) groups excluding carboxylic acids is 1. The standard InChI is InChI=1S/C21H22N2O2S/c1-21(2)10-16-19(17(24)11-21)18(13-4-6-14(25-3)7-5-13)15(12-22)20-23(16)8-9-26-20/h4-7,18H,8-11H2,1-3H3. The molecule has 1 aromatic carbocycles. The number of nitriles is 1. The molecule has 1 aliphatic carbocycles. The fourth-order valence-corrected chi connectivity index (χ4v) is 5.42. The molecule has 1 aromatic rings. The number of rotatable bonds is 2. The van der Waals surface area contributed by atoms with Crippen molar-refractivity contribution in [2.24, 2.45) is 5.41 Å². The van der Waals surface area contributed by atoms with Crippen molar-refractivity contribution in [3.8, 4) is 11.8 Å². The normalized spacial score (nSPS) is 24.3. The van der Waals surface area contributed by atoms with Gasteiger partial charge in [-0.25, -0.2) is 0 Å². The monoisotopic (exact) mass is 366 g/mol. The number of Topliss-reactive ketones (excluding diaryl/α,β-unsaturated/α-hetero) is 1. The van der Waals surface area contributed by atoms with Crippen LogP contribution in [0.5, 0.6) is 5.75 Å². The van der Waals surface area contributed by atoms with Gasteiger partial charge < -0.3 is 9.64 Å². The maximum atomic E-state index is 13.2. The Labute approximate surface area is 158 Å². The van der Waals surface area contributed by atoms with Gasteiger partial charge in [-0.2, -0.15) is 5.26 Å². The molecule has 0 radical (unpaired) electrons. The van der Waals surface area contributed by atoms with Gasteiger partial charge in [-0.15, -0.1) is 11.8 Å². The molecule has 0 bridgehead atoms. The van der Waals surface area contributed by atoms with E-state index in [9.17, 15) is 10.1 Å². The summed E-state index contributed by atoms with van der Waals surface area (Å²) in [5.41, 5.74) is 3.62. The highest BCUT2D eigenvalue weighted by Gasteiger charge is 2.45. The molecule has 0 spiro atoms. The van der Waals surface area contributed by atoms with E-state index in [4.69, 9.17) is 4.74 Å². The number of thioether (sulfide) groups is 1. The lowest BCUT2D eigenvalue weighted by Gasteiger charge is -2.42. The fourth-order valence-electron chi connectivity index (χ4n) is 4.27. The number of methoxy groups -OCH3 is 1. The van der Waals surface area contributed by atoms with Crippen LogP contribution in [-0.2, 0) is 4.79 Å². The zero-order valence-electron chi connectivity index (χ0n) is 15.3. The maximum absolute atomic E-state index is 13.2. The molecular weight excluding hydrogens is 344 g/mol. The molecule has 1 fully saturated rings. The first-order valence-electron chi connectivity index (χ1n) is 8.90. The third kappa shape index (κ3) is 2.64. The minimum atomic E-state index is -0.263. The van der Waals surface area contributed by atoms with Crippen LogP contribution in [0.1, 0.15) is 38.2 Å². The third-order valence-electron chi connectivity index (χ3n) is 5.40. The summed E-state index contributed by atoms with van der Waals surface area (Å²) in [5.74, 6) is 1.65. The number of nitrogens with zero attached hydrogens (tertiary/aromatic N) is 2. The molecule has 0 aromatic heterocycles. The molecule has 2 heterocycles. The zero-order chi connectivity index (χ0) is 18.5. The van der Waals surface area contributed by atoms with E-state index in [-0.39, 0.29) is 17.1 Å². The number of ketones is 1. The number of carbonyl (C=O) groups is 1. The second-order valence-corrected chi connectivity index (χ2v) is 8.92. The minimum Gasteiger partial charge on any atom is -0.497 e. The molecule has 2 aliphatic heterocycles. The van der Waals surface area contributed by atoms with E-state index in [2.05, 4.69) is 24.8 Å². The van der Waals surface area contributed by atoms with Crippen LogP contribution in [0.25, 0.3) is 0 Å². The summed E-state index contributed by atoms with van der Waals surface area (Å²) in [6.45, 7) is 5.19. The predicted octanol–water partition coefficient (Wildman–Crippen LogP) is 4.22. The number of hydrogen-bond acceptors (Lipinski definition) is 5. The zero-order valence-corrected chi connectivity index (χ0v) is 16.2. The highest BCUT2D eigenvalue weighted by Crippen LogP contribution is 2.53. The SMILES string of the molecule is COc1ccc(C2C(C#N)=C3SCCN3C3=C2C(=O)CC(C)(C)C3)cc1. The first kappa shape index (κ1) is 17.2. The van der Waals surface area contributed by atoms with Crippen LogP contribution >= 0.6 is 11.8 Å². The van der Waals surface area contributed by atoms with E-state index in [1.54, 1.807) is 18.9 Å². The lowest BCUT2D eigenvalue weighted by atomic mass is 9.69. The molecule has 0 N–H and O–H groups in total. The Bertz CT molecular complexity index is 874. The predicted molar refractivity (Wildman–Crippen MR) is 103 cm³/mol. The molecule has 4 rings (SSSR count). The van der Waals surface area contributed by atoms with Crippen LogP contribution in [-0.4, -0.2) is 30.1 Å². The summed E-state index contributed by atoms with van der Waals surface area (Å²) in [6.07, 6.45) is 1.41. The molecule has 0 amide bonds. The van der Waals surface area contributed by atoms with Crippen LogP contribution in [0.4, 0.5) is 0 Å². The van der Waals surface area contributed by atoms with Gasteiger partial charge in [0.15, 0.2) is 5.78 Å². The summed E-state index contributed by atoms with van der Waals surface area (Å²) in [5, 5.41) is 11.0. The summed E-state index contributed by atoms with van der Waals surface area (Å²) < 4.78 is 5.27. The molecule has 1 unspecified atom stereocenters. The summed E-state index contributed by atoms with van der Waals surface area (Å²) in [7, 11) is 1.64. The van der Waals surface area contributed by atoms with Crippen LogP contribution < -0.4 is 4.74 Å². The van der Waals surface area contributed by atoms with E-state index in [1.807, 2.05) is 24.3 Å². The van der Waals surface area contributed by atoms with Gasteiger partial charge >= 0.3 is 0 Å². The third-order valence-corrected chi connectivity index (χ3v) is 6.50. The van der Waals surface area contributed by atoms with Crippen LogP contribution in [0.15, 0.2) is 46.1 Å². The van der Waals surface area contributed by atoms with Crippen LogP contribution in [0.3, 0.4) is 0 Å². The highest BCUT2D eigenvalue weighted by atomic mass is 32.2. The Hall–Kier alpha value is -2.19. The van der Waals surface area contributed by atoms with Gasteiger partial charge in [-0.1, -0.05) is 26.0 Å². The van der Waals surface area contributed by atoms with E-state index in [0.29, 0.717) is 12.0 Å². The van der Waals surface area contributed by atoms with Crippen molar-refractivity contribution < 1.29 is 9.53 Å².